The third kappa shape index (κ3) is 3.44. The quantitative estimate of drug-likeness (QED) is 0.639. The maximum Gasteiger partial charge on any atom is 0.331 e. The standard InChI is InChI=1S/C20H20N2O4/c1-3-26-20(24)18-16(13-9-11-15(25-2)12-10-13)17(21-22-18)19(23)14-7-5-4-6-8-14/h4-12,16,18,22H,3H2,1-2H3/t16-,18+/m1/s1. The van der Waals surface area contributed by atoms with Crippen molar-refractivity contribution in [1.29, 1.82) is 0 Å². The van der Waals surface area contributed by atoms with Crippen LogP contribution in [0.1, 0.15) is 28.8 Å². The van der Waals surface area contributed by atoms with Crippen LogP contribution in [-0.4, -0.2) is 37.2 Å². The van der Waals surface area contributed by atoms with Crippen LogP contribution in [0.5, 0.6) is 5.75 Å². The predicted octanol–water partition coefficient (Wildman–Crippen LogP) is 2.55. The van der Waals surface area contributed by atoms with E-state index >= 15 is 0 Å². The first kappa shape index (κ1) is 17.7. The minimum atomic E-state index is -0.744. The van der Waals surface area contributed by atoms with Gasteiger partial charge in [0.05, 0.1) is 19.6 Å². The summed E-state index contributed by atoms with van der Waals surface area (Å²) in [5.41, 5.74) is 4.38. The largest absolute Gasteiger partial charge is 0.497 e. The number of methoxy groups -OCH3 is 1. The average Bonchev–Trinajstić information content (AvgIpc) is 3.13. The van der Waals surface area contributed by atoms with Gasteiger partial charge in [-0.15, -0.1) is 0 Å². The van der Waals surface area contributed by atoms with Gasteiger partial charge in [0.1, 0.15) is 11.5 Å². The minimum absolute atomic E-state index is 0.217. The van der Waals surface area contributed by atoms with Gasteiger partial charge in [-0.3, -0.25) is 10.2 Å². The summed E-state index contributed by atoms with van der Waals surface area (Å²) in [7, 11) is 1.58. The van der Waals surface area contributed by atoms with E-state index in [1.807, 2.05) is 18.2 Å². The molecule has 2 aromatic rings. The number of rotatable bonds is 6. The van der Waals surface area contributed by atoms with Gasteiger partial charge in [0, 0.05) is 5.56 Å². The number of nitrogens with one attached hydrogen (secondary N) is 1. The lowest BCUT2D eigenvalue weighted by molar-refractivity contribution is -0.145. The number of ether oxygens (including phenoxy) is 2. The molecule has 0 saturated heterocycles. The van der Waals surface area contributed by atoms with Gasteiger partial charge in [-0.05, 0) is 24.6 Å². The average molecular weight is 352 g/mol. The molecule has 6 nitrogen and oxygen atoms in total. The molecule has 0 fully saturated rings. The lowest BCUT2D eigenvalue weighted by Gasteiger charge is -2.19. The fourth-order valence-electron chi connectivity index (χ4n) is 2.95. The Bertz CT molecular complexity index is 815. The third-order valence-corrected chi connectivity index (χ3v) is 4.24. The number of carbonyl (C=O) groups excluding carboxylic acids is 2. The third-order valence-electron chi connectivity index (χ3n) is 4.24. The van der Waals surface area contributed by atoms with Gasteiger partial charge in [-0.25, -0.2) is 4.79 Å². The van der Waals surface area contributed by atoms with Crippen LogP contribution in [-0.2, 0) is 9.53 Å². The summed E-state index contributed by atoms with van der Waals surface area (Å²) in [5.74, 6) is -0.494. The summed E-state index contributed by atoms with van der Waals surface area (Å²) in [6, 6.07) is 15.4. The van der Waals surface area contributed by atoms with E-state index in [9.17, 15) is 9.59 Å². The summed E-state index contributed by atoms with van der Waals surface area (Å²) in [4.78, 5) is 25.3. The van der Waals surface area contributed by atoms with E-state index in [1.54, 1.807) is 50.4 Å². The highest BCUT2D eigenvalue weighted by Gasteiger charge is 2.42. The van der Waals surface area contributed by atoms with Gasteiger partial charge in [-0.2, -0.15) is 5.10 Å². The molecule has 1 N–H and O–H groups in total. The normalized spacial score (nSPS) is 18.6. The first-order chi connectivity index (χ1) is 12.7. The van der Waals surface area contributed by atoms with Crippen molar-refractivity contribution in [3.8, 4) is 5.75 Å². The predicted molar refractivity (Wildman–Crippen MR) is 97.5 cm³/mol. The second-order valence-electron chi connectivity index (χ2n) is 5.80. The first-order valence-corrected chi connectivity index (χ1v) is 8.39. The van der Waals surface area contributed by atoms with Gasteiger partial charge in [0.25, 0.3) is 0 Å². The Morgan fingerprint density at radius 3 is 2.38 bits per heavy atom. The Labute approximate surface area is 151 Å². The molecule has 1 aliphatic heterocycles. The fraction of sp³-hybridized carbons (Fsp3) is 0.250. The highest BCUT2D eigenvalue weighted by Crippen LogP contribution is 2.29. The van der Waals surface area contributed by atoms with Crippen molar-refractivity contribution in [3.05, 3.63) is 65.7 Å². The summed E-state index contributed by atoms with van der Waals surface area (Å²) >= 11 is 0. The molecule has 0 aromatic heterocycles. The Morgan fingerprint density at radius 2 is 1.77 bits per heavy atom. The maximum atomic E-state index is 12.9. The number of benzene rings is 2. The van der Waals surface area contributed by atoms with Crippen molar-refractivity contribution in [1.82, 2.24) is 5.43 Å². The van der Waals surface area contributed by atoms with E-state index in [4.69, 9.17) is 9.47 Å². The lowest BCUT2D eigenvalue weighted by Crippen LogP contribution is -2.38. The summed E-state index contributed by atoms with van der Waals surface area (Å²) in [6.45, 7) is 2.00. The molecule has 1 aliphatic rings. The van der Waals surface area contributed by atoms with E-state index < -0.39 is 17.9 Å². The van der Waals surface area contributed by atoms with Gasteiger partial charge in [0.15, 0.2) is 6.04 Å². The van der Waals surface area contributed by atoms with Crippen LogP contribution in [0, 0.1) is 0 Å². The zero-order valence-corrected chi connectivity index (χ0v) is 14.6. The van der Waals surface area contributed by atoms with Gasteiger partial charge in [0.2, 0.25) is 5.78 Å². The topological polar surface area (TPSA) is 77.0 Å². The van der Waals surface area contributed by atoms with Crippen molar-refractivity contribution in [2.75, 3.05) is 13.7 Å². The highest BCUT2D eigenvalue weighted by molar-refractivity contribution is 6.48. The zero-order valence-electron chi connectivity index (χ0n) is 14.6. The smallest absolute Gasteiger partial charge is 0.331 e. The van der Waals surface area contributed by atoms with Crippen LogP contribution in [0.3, 0.4) is 0 Å². The molecule has 2 atom stereocenters. The van der Waals surface area contributed by atoms with Crippen LogP contribution in [0.2, 0.25) is 0 Å². The number of hydrazone groups is 1. The molecule has 0 bridgehead atoms. The number of hydrogen-bond acceptors (Lipinski definition) is 6. The van der Waals surface area contributed by atoms with Crippen LogP contribution in [0.25, 0.3) is 0 Å². The van der Waals surface area contributed by atoms with E-state index in [0.29, 0.717) is 17.0 Å². The summed E-state index contributed by atoms with van der Waals surface area (Å²) < 4.78 is 10.3. The van der Waals surface area contributed by atoms with Crippen LogP contribution < -0.4 is 10.2 Å². The van der Waals surface area contributed by atoms with Crippen molar-refractivity contribution in [2.24, 2.45) is 5.10 Å². The monoisotopic (exact) mass is 352 g/mol. The second-order valence-corrected chi connectivity index (χ2v) is 5.80. The van der Waals surface area contributed by atoms with E-state index in [-0.39, 0.29) is 12.4 Å². The highest BCUT2D eigenvalue weighted by atomic mass is 16.5. The molecule has 0 saturated carbocycles. The summed E-state index contributed by atoms with van der Waals surface area (Å²) in [5, 5.41) is 4.18. The Kier molecular flexibility index (Phi) is 5.31. The number of carbonyl (C=O) groups is 2. The van der Waals surface area contributed by atoms with Crippen molar-refractivity contribution in [3.63, 3.8) is 0 Å². The van der Waals surface area contributed by atoms with Gasteiger partial charge in [-0.1, -0.05) is 42.5 Å². The maximum absolute atomic E-state index is 12.9. The molecule has 0 spiro atoms. The molecule has 2 aromatic carbocycles. The number of ketones is 1. The van der Waals surface area contributed by atoms with Crippen LogP contribution in [0.4, 0.5) is 0 Å². The zero-order chi connectivity index (χ0) is 18.5. The number of Topliss-reactive ketones (excluding diaryl/α,β-unsaturated/α-hetero) is 1. The number of nitrogens with zero attached hydrogens (tertiary/aromatic N) is 1. The molecule has 1 heterocycles. The summed E-state index contributed by atoms with van der Waals surface area (Å²) in [6.07, 6.45) is 0. The molecular weight excluding hydrogens is 332 g/mol. The van der Waals surface area contributed by atoms with Crippen molar-refractivity contribution < 1.29 is 19.1 Å². The van der Waals surface area contributed by atoms with E-state index in [0.717, 1.165) is 5.56 Å². The van der Waals surface area contributed by atoms with Crippen LogP contribution >= 0.6 is 0 Å². The van der Waals surface area contributed by atoms with Crippen LogP contribution in [0.15, 0.2) is 59.7 Å². The second kappa shape index (κ2) is 7.82. The molecule has 3 rings (SSSR count). The van der Waals surface area contributed by atoms with Crippen molar-refractivity contribution in [2.45, 2.75) is 18.9 Å². The van der Waals surface area contributed by atoms with E-state index in [2.05, 4.69) is 10.5 Å². The first-order valence-electron chi connectivity index (χ1n) is 8.39. The number of esters is 1. The minimum Gasteiger partial charge on any atom is -0.497 e. The Hall–Kier alpha value is -3.15. The van der Waals surface area contributed by atoms with Crippen molar-refractivity contribution >= 4 is 17.5 Å². The Balaban J connectivity index is 1.96. The van der Waals surface area contributed by atoms with Gasteiger partial charge >= 0.3 is 5.97 Å². The van der Waals surface area contributed by atoms with E-state index in [1.165, 1.54) is 0 Å². The molecule has 0 amide bonds. The molecular formula is C20H20N2O4. The van der Waals surface area contributed by atoms with Gasteiger partial charge < -0.3 is 9.47 Å². The lowest BCUT2D eigenvalue weighted by atomic mass is 9.85. The molecule has 0 radical (unpaired) electrons. The molecule has 0 aliphatic carbocycles. The molecule has 6 heteroatoms. The SMILES string of the molecule is CCOC(=O)[C@H]1NN=C(C(=O)c2ccccc2)[C@H]1c1ccc(OC)cc1. The molecule has 26 heavy (non-hydrogen) atoms. The fourth-order valence-corrected chi connectivity index (χ4v) is 2.95. The number of hydrogen-bond donors (Lipinski definition) is 1. The Morgan fingerprint density at radius 1 is 1.08 bits per heavy atom. The molecule has 134 valence electrons. The molecule has 0 unspecified atom stereocenters.